The van der Waals surface area contributed by atoms with Crippen LogP contribution in [0, 0.1) is 11.3 Å². The molecule has 1 unspecified atom stereocenters. The highest BCUT2D eigenvalue weighted by Crippen LogP contribution is 2.53. The second kappa shape index (κ2) is 7.08. The normalized spacial score (nSPS) is 19.7. The van der Waals surface area contributed by atoms with Crippen LogP contribution in [0.5, 0.6) is 0 Å². The topological polar surface area (TPSA) is 41.6 Å². The summed E-state index contributed by atoms with van der Waals surface area (Å²) in [7, 11) is 0. The molecule has 2 heterocycles. The SMILES string of the molecule is C.N#C/C(=C1/SCC(c2ccccc2Cl)S1)n1ccnc1. The number of rotatable bonds is 2. The zero-order chi connectivity index (χ0) is 13.9. The molecule has 0 radical (unpaired) electrons. The minimum absolute atomic E-state index is 0. The predicted molar refractivity (Wildman–Crippen MR) is 92.0 cm³/mol. The molecular formula is C15H14ClN3S2. The molecule has 1 aliphatic heterocycles. The number of hydrogen-bond acceptors (Lipinski definition) is 4. The van der Waals surface area contributed by atoms with E-state index in [1.54, 1.807) is 46.8 Å². The molecule has 0 spiro atoms. The molecule has 6 heteroatoms. The monoisotopic (exact) mass is 335 g/mol. The van der Waals surface area contributed by atoms with E-state index in [1.165, 1.54) is 0 Å². The Hall–Kier alpha value is -1.35. The second-order valence-corrected chi connectivity index (χ2v) is 7.07. The molecule has 108 valence electrons. The Morgan fingerprint density at radius 1 is 1.43 bits per heavy atom. The fourth-order valence-electron chi connectivity index (χ4n) is 1.96. The zero-order valence-corrected chi connectivity index (χ0v) is 12.8. The largest absolute Gasteiger partial charge is 0.296 e. The van der Waals surface area contributed by atoms with E-state index in [4.69, 9.17) is 11.6 Å². The Morgan fingerprint density at radius 2 is 2.24 bits per heavy atom. The van der Waals surface area contributed by atoms with Crippen molar-refractivity contribution >= 4 is 40.8 Å². The number of imidazole rings is 1. The molecule has 1 fully saturated rings. The van der Waals surface area contributed by atoms with Gasteiger partial charge in [-0.05, 0) is 11.6 Å². The second-order valence-electron chi connectivity index (χ2n) is 4.16. The summed E-state index contributed by atoms with van der Waals surface area (Å²) in [5.74, 6) is 0.920. The molecule has 0 N–H and O–H groups in total. The standard InChI is InChI=1S/C14H10ClN3S2.CH4/c15-11-4-2-1-3-10(11)13-8-19-14(20-13)12(7-16)18-6-5-17-9-18;/h1-6,9,13H,8H2;1H4/b14-12+;. The maximum absolute atomic E-state index is 9.36. The Balaban J connectivity index is 0.00000161. The van der Waals surface area contributed by atoms with Crippen molar-refractivity contribution in [3.05, 3.63) is 57.8 Å². The van der Waals surface area contributed by atoms with Crippen molar-refractivity contribution < 1.29 is 0 Å². The maximum Gasteiger partial charge on any atom is 0.145 e. The molecule has 1 atom stereocenters. The summed E-state index contributed by atoms with van der Waals surface area (Å²) in [4.78, 5) is 3.99. The van der Waals surface area contributed by atoms with Crippen LogP contribution < -0.4 is 0 Å². The van der Waals surface area contributed by atoms with Crippen LogP contribution in [-0.4, -0.2) is 15.3 Å². The maximum atomic E-state index is 9.36. The first-order chi connectivity index (χ1) is 9.79. The van der Waals surface area contributed by atoms with Crippen LogP contribution in [0.4, 0.5) is 0 Å². The van der Waals surface area contributed by atoms with Crippen molar-refractivity contribution in [3.63, 3.8) is 0 Å². The molecule has 2 aromatic rings. The van der Waals surface area contributed by atoms with Crippen LogP contribution in [0.1, 0.15) is 18.2 Å². The van der Waals surface area contributed by atoms with Crippen LogP contribution in [0.2, 0.25) is 5.02 Å². The van der Waals surface area contributed by atoms with Gasteiger partial charge in [-0.2, -0.15) is 5.26 Å². The van der Waals surface area contributed by atoms with Crippen LogP contribution >= 0.6 is 35.1 Å². The summed E-state index contributed by atoms with van der Waals surface area (Å²) in [5.41, 5.74) is 1.76. The zero-order valence-electron chi connectivity index (χ0n) is 10.4. The van der Waals surface area contributed by atoms with Crippen molar-refractivity contribution in [3.8, 4) is 6.07 Å². The predicted octanol–water partition coefficient (Wildman–Crippen LogP) is 5.04. The molecule has 1 aliphatic rings. The lowest BCUT2D eigenvalue weighted by molar-refractivity contribution is 1.10. The van der Waals surface area contributed by atoms with Crippen molar-refractivity contribution in [2.75, 3.05) is 5.75 Å². The van der Waals surface area contributed by atoms with Gasteiger partial charge in [0.15, 0.2) is 0 Å². The van der Waals surface area contributed by atoms with Gasteiger partial charge in [-0.15, -0.1) is 23.5 Å². The van der Waals surface area contributed by atoms with E-state index in [0.717, 1.165) is 20.6 Å². The Kier molecular flexibility index (Phi) is 5.40. The van der Waals surface area contributed by atoms with Crippen molar-refractivity contribution in [1.29, 1.82) is 5.26 Å². The summed E-state index contributed by atoms with van der Waals surface area (Å²) in [5, 5.41) is 10.4. The smallest absolute Gasteiger partial charge is 0.145 e. The van der Waals surface area contributed by atoms with Crippen molar-refractivity contribution in [1.82, 2.24) is 9.55 Å². The number of halogens is 1. The highest BCUT2D eigenvalue weighted by molar-refractivity contribution is 8.25. The van der Waals surface area contributed by atoms with Gasteiger partial charge < -0.3 is 0 Å². The first-order valence-electron chi connectivity index (χ1n) is 5.96. The summed E-state index contributed by atoms with van der Waals surface area (Å²) in [6.07, 6.45) is 5.11. The highest BCUT2D eigenvalue weighted by Gasteiger charge is 2.27. The van der Waals surface area contributed by atoms with Crippen molar-refractivity contribution in [2.24, 2.45) is 0 Å². The minimum atomic E-state index is 0. The van der Waals surface area contributed by atoms with Crippen LogP contribution in [0.25, 0.3) is 5.70 Å². The van der Waals surface area contributed by atoms with Crippen LogP contribution in [0.3, 0.4) is 0 Å². The fraction of sp³-hybridized carbons (Fsp3) is 0.200. The summed E-state index contributed by atoms with van der Waals surface area (Å²) in [6.45, 7) is 0. The molecule has 3 nitrogen and oxygen atoms in total. The molecule has 0 saturated carbocycles. The van der Waals surface area contributed by atoms with Gasteiger partial charge in [-0.3, -0.25) is 4.57 Å². The van der Waals surface area contributed by atoms with Crippen LogP contribution in [0.15, 0.2) is 47.2 Å². The van der Waals surface area contributed by atoms with E-state index in [9.17, 15) is 5.26 Å². The first kappa shape index (κ1) is 16.0. The Morgan fingerprint density at radius 3 is 2.90 bits per heavy atom. The van der Waals surface area contributed by atoms with Gasteiger partial charge in [-0.1, -0.05) is 37.2 Å². The third-order valence-electron chi connectivity index (χ3n) is 2.93. The Labute approximate surface area is 138 Å². The molecule has 0 aliphatic carbocycles. The molecule has 1 aromatic heterocycles. The molecule has 1 saturated heterocycles. The van der Waals surface area contributed by atoms with Gasteiger partial charge in [0.25, 0.3) is 0 Å². The number of aromatic nitrogens is 2. The van der Waals surface area contributed by atoms with Gasteiger partial charge in [0.2, 0.25) is 0 Å². The lowest BCUT2D eigenvalue weighted by Gasteiger charge is -2.09. The highest BCUT2D eigenvalue weighted by atomic mass is 35.5. The van der Waals surface area contributed by atoms with Gasteiger partial charge in [-0.25, -0.2) is 4.98 Å². The average Bonchev–Trinajstić information content (AvgIpc) is 3.12. The number of hydrogen-bond donors (Lipinski definition) is 0. The molecular weight excluding hydrogens is 322 g/mol. The summed E-state index contributed by atoms with van der Waals surface area (Å²) >= 11 is 9.64. The fourth-order valence-corrected chi connectivity index (χ4v) is 5.22. The number of thioether (sulfide) groups is 2. The minimum Gasteiger partial charge on any atom is -0.296 e. The molecule has 3 rings (SSSR count). The van der Waals surface area contributed by atoms with E-state index in [0.29, 0.717) is 5.70 Å². The van der Waals surface area contributed by atoms with Crippen molar-refractivity contribution in [2.45, 2.75) is 12.7 Å². The first-order valence-corrected chi connectivity index (χ1v) is 8.20. The molecule has 0 amide bonds. The average molecular weight is 336 g/mol. The van der Waals surface area contributed by atoms with Gasteiger partial charge in [0, 0.05) is 28.4 Å². The van der Waals surface area contributed by atoms with E-state index >= 15 is 0 Å². The quantitative estimate of drug-likeness (QED) is 0.721. The lowest BCUT2D eigenvalue weighted by atomic mass is 10.2. The van der Waals surface area contributed by atoms with Crippen LogP contribution in [-0.2, 0) is 0 Å². The lowest BCUT2D eigenvalue weighted by Crippen LogP contribution is -1.93. The Bertz CT molecular complexity index is 689. The van der Waals surface area contributed by atoms with E-state index in [1.807, 2.05) is 24.3 Å². The number of nitrogens with zero attached hydrogens (tertiary/aromatic N) is 3. The van der Waals surface area contributed by atoms with Gasteiger partial charge in [0.1, 0.15) is 11.8 Å². The molecule has 1 aromatic carbocycles. The van der Waals surface area contributed by atoms with E-state index < -0.39 is 0 Å². The van der Waals surface area contributed by atoms with Gasteiger partial charge in [0.05, 0.1) is 10.6 Å². The van der Waals surface area contributed by atoms with Gasteiger partial charge >= 0.3 is 0 Å². The number of nitriles is 1. The van der Waals surface area contributed by atoms with E-state index in [-0.39, 0.29) is 12.7 Å². The van der Waals surface area contributed by atoms with E-state index in [2.05, 4.69) is 11.1 Å². The third-order valence-corrected chi connectivity index (χ3v) is 6.19. The summed E-state index contributed by atoms with van der Waals surface area (Å²) < 4.78 is 2.78. The number of allylic oxidation sites excluding steroid dienone is 1. The number of benzene rings is 1. The molecule has 21 heavy (non-hydrogen) atoms. The third kappa shape index (κ3) is 3.29. The summed E-state index contributed by atoms with van der Waals surface area (Å²) in [6, 6.07) is 10.1. The molecule has 0 bridgehead atoms.